The molecule has 0 bridgehead atoms. The van der Waals surface area contributed by atoms with Crippen LogP contribution in [-0.2, 0) is 21.4 Å². The number of hydrogen-bond acceptors (Lipinski definition) is 3. The summed E-state index contributed by atoms with van der Waals surface area (Å²) in [5.74, 6) is -0.204. The molecule has 0 radical (unpaired) electrons. The number of carbonyl (C=O) groups is 1. The molecular formula is C20H24N2O3S. The van der Waals surface area contributed by atoms with Gasteiger partial charge in [0.25, 0.3) is 0 Å². The highest BCUT2D eigenvalue weighted by atomic mass is 32.2. The van der Waals surface area contributed by atoms with Gasteiger partial charge in [0, 0.05) is 25.7 Å². The quantitative estimate of drug-likeness (QED) is 0.760. The second-order valence-electron chi connectivity index (χ2n) is 6.22. The van der Waals surface area contributed by atoms with Crippen LogP contribution in [0.4, 0.5) is 0 Å². The Hall–Kier alpha value is -2.44. The van der Waals surface area contributed by atoms with Gasteiger partial charge in [0.05, 0.1) is 4.90 Å². The van der Waals surface area contributed by atoms with Crippen LogP contribution in [0.5, 0.6) is 0 Å². The second-order valence-corrected chi connectivity index (χ2v) is 8.22. The highest BCUT2D eigenvalue weighted by molar-refractivity contribution is 7.89. The first-order valence-corrected chi connectivity index (χ1v) is 9.82. The molecule has 0 aromatic heterocycles. The lowest BCUT2D eigenvalue weighted by Crippen LogP contribution is -2.33. The zero-order valence-corrected chi connectivity index (χ0v) is 16.0. The molecule has 0 atom stereocenters. The smallest absolute Gasteiger partial charge is 0.244 e. The first kappa shape index (κ1) is 19.9. The molecular weight excluding hydrogens is 348 g/mol. The molecule has 2 aromatic rings. The maximum absolute atomic E-state index is 12.4. The van der Waals surface area contributed by atoms with Gasteiger partial charge in [0.1, 0.15) is 0 Å². The number of nitrogens with one attached hydrogen (secondary N) is 1. The molecule has 0 fully saturated rings. The molecule has 1 amide bonds. The van der Waals surface area contributed by atoms with E-state index < -0.39 is 10.0 Å². The molecule has 0 heterocycles. The Morgan fingerprint density at radius 2 is 1.69 bits per heavy atom. The molecule has 0 saturated carbocycles. The Labute approximate surface area is 155 Å². The molecule has 2 aromatic carbocycles. The Kier molecular flexibility index (Phi) is 6.71. The topological polar surface area (TPSA) is 66.5 Å². The predicted octanol–water partition coefficient (Wildman–Crippen LogP) is 3.05. The van der Waals surface area contributed by atoms with Gasteiger partial charge in [0.2, 0.25) is 15.9 Å². The van der Waals surface area contributed by atoms with Crippen LogP contribution >= 0.6 is 0 Å². The Morgan fingerprint density at radius 3 is 2.27 bits per heavy atom. The van der Waals surface area contributed by atoms with Crippen molar-refractivity contribution in [1.82, 2.24) is 9.62 Å². The predicted molar refractivity (Wildman–Crippen MR) is 104 cm³/mol. The Bertz CT molecular complexity index is 858. The molecule has 0 aliphatic carbocycles. The van der Waals surface area contributed by atoms with Gasteiger partial charge in [-0.25, -0.2) is 8.42 Å². The number of nitrogens with zero attached hydrogens (tertiary/aromatic N) is 1. The third kappa shape index (κ3) is 5.28. The summed E-state index contributed by atoms with van der Waals surface area (Å²) in [5.41, 5.74) is 1.78. The van der Waals surface area contributed by atoms with Crippen LogP contribution in [-0.4, -0.2) is 31.7 Å². The van der Waals surface area contributed by atoms with Crippen LogP contribution in [0, 0.1) is 0 Å². The van der Waals surface area contributed by atoms with Crippen LogP contribution < -0.4 is 5.32 Å². The van der Waals surface area contributed by atoms with Gasteiger partial charge in [-0.15, -0.1) is 0 Å². The van der Waals surface area contributed by atoms with Crippen molar-refractivity contribution in [3.63, 3.8) is 0 Å². The van der Waals surface area contributed by atoms with Gasteiger partial charge in [-0.1, -0.05) is 42.5 Å². The van der Waals surface area contributed by atoms with Crippen molar-refractivity contribution >= 4 is 22.0 Å². The molecule has 2 rings (SSSR count). The third-order valence-corrected chi connectivity index (χ3v) is 6.07. The van der Waals surface area contributed by atoms with E-state index >= 15 is 0 Å². The summed E-state index contributed by atoms with van der Waals surface area (Å²) < 4.78 is 26.2. The Balaban J connectivity index is 1.95. The van der Waals surface area contributed by atoms with Crippen LogP contribution in [0.1, 0.15) is 25.0 Å². The molecule has 0 aliphatic heterocycles. The summed E-state index contributed by atoms with van der Waals surface area (Å²) in [7, 11) is -1.93. The van der Waals surface area contributed by atoms with E-state index in [-0.39, 0.29) is 16.8 Å². The first-order valence-electron chi connectivity index (χ1n) is 8.38. The van der Waals surface area contributed by atoms with E-state index in [0.717, 1.165) is 11.1 Å². The van der Waals surface area contributed by atoms with E-state index in [9.17, 15) is 13.2 Å². The van der Waals surface area contributed by atoms with Crippen molar-refractivity contribution in [2.24, 2.45) is 0 Å². The van der Waals surface area contributed by atoms with E-state index in [1.807, 2.05) is 44.2 Å². The number of hydrogen-bond donors (Lipinski definition) is 1. The molecule has 6 heteroatoms. The number of benzene rings is 2. The maximum Gasteiger partial charge on any atom is 0.244 e. The van der Waals surface area contributed by atoms with Crippen molar-refractivity contribution in [2.75, 3.05) is 7.05 Å². The highest BCUT2D eigenvalue weighted by Crippen LogP contribution is 2.17. The lowest BCUT2D eigenvalue weighted by atomic mass is 10.2. The molecule has 0 saturated heterocycles. The van der Waals surface area contributed by atoms with Crippen LogP contribution in [0.15, 0.2) is 65.6 Å². The first-order chi connectivity index (χ1) is 12.3. The molecule has 0 aliphatic rings. The van der Waals surface area contributed by atoms with Gasteiger partial charge in [-0.2, -0.15) is 4.31 Å². The molecule has 0 unspecified atom stereocenters. The zero-order chi connectivity index (χ0) is 19.2. The van der Waals surface area contributed by atoms with Gasteiger partial charge in [0.15, 0.2) is 0 Å². The van der Waals surface area contributed by atoms with Gasteiger partial charge >= 0.3 is 0 Å². The minimum Gasteiger partial charge on any atom is -0.348 e. The fraction of sp³-hybridized carbons (Fsp3) is 0.250. The number of carbonyl (C=O) groups excluding carboxylic acids is 1. The molecule has 5 nitrogen and oxygen atoms in total. The average Bonchev–Trinajstić information content (AvgIpc) is 2.65. The number of amides is 1. The van der Waals surface area contributed by atoms with Crippen molar-refractivity contribution in [3.05, 3.63) is 71.8 Å². The van der Waals surface area contributed by atoms with Crippen LogP contribution in [0.2, 0.25) is 0 Å². The van der Waals surface area contributed by atoms with Crippen LogP contribution in [0.3, 0.4) is 0 Å². The second kappa shape index (κ2) is 8.78. The fourth-order valence-corrected chi connectivity index (χ4v) is 3.57. The maximum atomic E-state index is 12.4. The summed E-state index contributed by atoms with van der Waals surface area (Å²) in [6, 6.07) is 16.0. The normalized spacial score (nSPS) is 12.0. The lowest BCUT2D eigenvalue weighted by molar-refractivity contribution is -0.116. The summed E-state index contributed by atoms with van der Waals surface area (Å²) in [6.45, 7) is 3.98. The average molecular weight is 372 g/mol. The largest absolute Gasteiger partial charge is 0.348 e. The van der Waals surface area contributed by atoms with Gasteiger partial charge in [-0.05, 0) is 43.2 Å². The minimum absolute atomic E-state index is 0.115. The summed E-state index contributed by atoms with van der Waals surface area (Å²) >= 11 is 0. The molecule has 0 spiro atoms. The van der Waals surface area contributed by atoms with E-state index in [1.54, 1.807) is 37.4 Å². The highest BCUT2D eigenvalue weighted by Gasteiger charge is 2.22. The number of rotatable bonds is 7. The minimum atomic E-state index is -3.49. The van der Waals surface area contributed by atoms with Gasteiger partial charge < -0.3 is 5.32 Å². The van der Waals surface area contributed by atoms with E-state index in [1.165, 1.54) is 10.4 Å². The van der Waals surface area contributed by atoms with Crippen molar-refractivity contribution in [1.29, 1.82) is 0 Å². The number of sulfonamides is 1. The summed E-state index contributed by atoms with van der Waals surface area (Å²) in [4.78, 5) is 12.1. The van der Waals surface area contributed by atoms with Crippen molar-refractivity contribution < 1.29 is 13.2 Å². The van der Waals surface area contributed by atoms with E-state index in [0.29, 0.717) is 6.54 Å². The zero-order valence-electron chi connectivity index (χ0n) is 15.2. The fourth-order valence-electron chi connectivity index (χ4n) is 2.21. The van der Waals surface area contributed by atoms with Gasteiger partial charge in [-0.3, -0.25) is 4.79 Å². The summed E-state index contributed by atoms with van der Waals surface area (Å²) in [6.07, 6.45) is 3.22. The monoisotopic (exact) mass is 372 g/mol. The molecule has 26 heavy (non-hydrogen) atoms. The lowest BCUT2D eigenvalue weighted by Gasteiger charge is -2.21. The van der Waals surface area contributed by atoms with Crippen LogP contribution in [0.25, 0.3) is 6.08 Å². The Morgan fingerprint density at radius 1 is 1.08 bits per heavy atom. The molecule has 138 valence electrons. The molecule has 1 N–H and O–H groups in total. The SMILES string of the molecule is CC(C)N(C)S(=O)(=O)c1ccc(CNC(=O)C=Cc2ccccc2)cc1. The van der Waals surface area contributed by atoms with Crippen molar-refractivity contribution in [2.45, 2.75) is 31.3 Å². The standard InChI is InChI=1S/C20H24N2O3S/c1-16(2)22(3)26(24,25)19-12-9-18(10-13-19)15-21-20(23)14-11-17-7-5-4-6-8-17/h4-14,16H,15H2,1-3H3,(H,21,23). The van der Waals surface area contributed by atoms with Crippen molar-refractivity contribution in [3.8, 4) is 0 Å². The van der Waals surface area contributed by atoms with E-state index in [2.05, 4.69) is 5.32 Å². The van der Waals surface area contributed by atoms with E-state index in [4.69, 9.17) is 0 Å². The third-order valence-electron chi connectivity index (χ3n) is 4.02. The summed E-state index contributed by atoms with van der Waals surface area (Å²) in [5, 5.41) is 2.78.